The fraction of sp³-hybridized carbons (Fsp3) is 0.400. The van der Waals surface area contributed by atoms with Gasteiger partial charge in [0, 0.05) is 17.3 Å². The fourth-order valence-electron chi connectivity index (χ4n) is 1.46. The van der Waals surface area contributed by atoms with Crippen LogP contribution in [0.4, 0.5) is 0 Å². The lowest BCUT2D eigenvalue weighted by Crippen LogP contribution is -2.23. The Hall–Kier alpha value is -1.42. The highest BCUT2D eigenvalue weighted by atomic mass is 16.7. The molecule has 4 nitrogen and oxygen atoms in total. The molecule has 0 spiro atoms. The third kappa shape index (κ3) is 1.37. The molecule has 1 aliphatic heterocycles. The van der Waals surface area contributed by atoms with E-state index in [2.05, 4.69) is 4.98 Å². The van der Waals surface area contributed by atoms with Gasteiger partial charge in [-0.15, -0.1) is 0 Å². The fourth-order valence-corrected chi connectivity index (χ4v) is 1.46. The van der Waals surface area contributed by atoms with Crippen LogP contribution in [-0.2, 0) is 11.3 Å². The van der Waals surface area contributed by atoms with Gasteiger partial charge in [0.15, 0.2) is 12.6 Å². The first-order valence-corrected chi connectivity index (χ1v) is 4.44. The lowest BCUT2D eigenvalue weighted by atomic mass is 10.1. The Morgan fingerprint density at radius 3 is 3.14 bits per heavy atom. The van der Waals surface area contributed by atoms with Crippen molar-refractivity contribution in [1.82, 2.24) is 4.98 Å². The molecule has 1 unspecified atom stereocenters. The van der Waals surface area contributed by atoms with Crippen molar-refractivity contribution >= 4 is 6.29 Å². The van der Waals surface area contributed by atoms with Gasteiger partial charge >= 0.3 is 0 Å². The number of carbonyl (C=O) groups is 1. The van der Waals surface area contributed by atoms with Gasteiger partial charge in [-0.25, -0.2) is 0 Å². The molecule has 1 aromatic rings. The number of aromatic nitrogens is 1. The summed E-state index contributed by atoms with van der Waals surface area (Å²) >= 11 is 0. The molecule has 0 saturated carbocycles. The van der Waals surface area contributed by atoms with E-state index < -0.39 is 0 Å². The lowest BCUT2D eigenvalue weighted by molar-refractivity contribution is -0.0952. The van der Waals surface area contributed by atoms with E-state index in [0.717, 1.165) is 17.5 Å². The Bertz CT molecular complexity index is 376. The number of hydrogen-bond acceptors (Lipinski definition) is 4. The van der Waals surface area contributed by atoms with Gasteiger partial charge < -0.3 is 9.47 Å². The molecule has 0 radical (unpaired) electrons. The third-order valence-corrected chi connectivity index (χ3v) is 2.22. The zero-order valence-corrected chi connectivity index (χ0v) is 8.11. The van der Waals surface area contributed by atoms with Crippen LogP contribution in [0.1, 0.15) is 28.5 Å². The summed E-state index contributed by atoms with van der Waals surface area (Å²) in [7, 11) is 0. The molecule has 0 aromatic carbocycles. The van der Waals surface area contributed by atoms with Crippen LogP contribution in [0, 0.1) is 6.92 Å². The molecule has 1 aromatic heterocycles. The number of fused-ring (bicyclic) bond motifs is 1. The number of nitrogens with zero attached hydrogens (tertiary/aromatic N) is 1. The number of pyridine rings is 1. The van der Waals surface area contributed by atoms with E-state index in [9.17, 15) is 4.79 Å². The highest BCUT2D eigenvalue weighted by molar-refractivity contribution is 5.78. The minimum absolute atomic E-state index is 0.273. The summed E-state index contributed by atoms with van der Waals surface area (Å²) in [6.07, 6.45) is 2.04. The van der Waals surface area contributed by atoms with Crippen molar-refractivity contribution in [2.24, 2.45) is 0 Å². The van der Waals surface area contributed by atoms with Crippen molar-refractivity contribution in [3.05, 3.63) is 23.0 Å². The van der Waals surface area contributed by atoms with Crippen LogP contribution in [0.15, 0.2) is 6.20 Å². The average Bonchev–Trinajstić information content (AvgIpc) is 2.19. The van der Waals surface area contributed by atoms with Gasteiger partial charge in [0.05, 0.1) is 12.3 Å². The molecule has 0 N–H and O–H groups in total. The number of ether oxygens (including phenoxy) is 2. The SMILES string of the molecule is Cc1ncc(C=O)c2c1OC(C)OC2. The number of aryl methyl sites for hydroxylation is 1. The summed E-state index contributed by atoms with van der Waals surface area (Å²) in [6.45, 7) is 4.08. The molecule has 4 heteroatoms. The summed E-state index contributed by atoms with van der Waals surface area (Å²) in [5.41, 5.74) is 2.13. The van der Waals surface area contributed by atoms with Gasteiger partial charge in [-0.1, -0.05) is 0 Å². The van der Waals surface area contributed by atoms with Crippen molar-refractivity contribution in [3.63, 3.8) is 0 Å². The molecule has 0 amide bonds. The van der Waals surface area contributed by atoms with Crippen LogP contribution >= 0.6 is 0 Å². The quantitative estimate of drug-likeness (QED) is 0.633. The van der Waals surface area contributed by atoms with E-state index in [1.165, 1.54) is 0 Å². The Labute approximate surface area is 81.9 Å². The minimum atomic E-state index is -0.273. The van der Waals surface area contributed by atoms with Crippen LogP contribution in [0.3, 0.4) is 0 Å². The topological polar surface area (TPSA) is 48.4 Å². The zero-order chi connectivity index (χ0) is 10.1. The van der Waals surface area contributed by atoms with Gasteiger partial charge in [-0.05, 0) is 13.8 Å². The lowest BCUT2D eigenvalue weighted by Gasteiger charge is -2.25. The van der Waals surface area contributed by atoms with Crippen LogP contribution in [0.5, 0.6) is 5.75 Å². The van der Waals surface area contributed by atoms with Gasteiger partial charge in [0.1, 0.15) is 5.75 Å². The minimum Gasteiger partial charge on any atom is -0.463 e. The monoisotopic (exact) mass is 193 g/mol. The Morgan fingerprint density at radius 1 is 1.64 bits per heavy atom. The van der Waals surface area contributed by atoms with E-state index in [0.29, 0.717) is 17.9 Å². The van der Waals surface area contributed by atoms with Crippen molar-refractivity contribution in [2.75, 3.05) is 0 Å². The van der Waals surface area contributed by atoms with Crippen LogP contribution < -0.4 is 4.74 Å². The second-order valence-corrected chi connectivity index (χ2v) is 3.22. The number of carbonyl (C=O) groups excluding carboxylic acids is 1. The molecule has 2 rings (SSSR count). The van der Waals surface area contributed by atoms with Gasteiger partial charge in [0.25, 0.3) is 0 Å². The van der Waals surface area contributed by atoms with E-state index in [1.807, 2.05) is 13.8 Å². The summed E-state index contributed by atoms with van der Waals surface area (Å²) in [5, 5.41) is 0. The maximum Gasteiger partial charge on any atom is 0.197 e. The molecule has 0 fully saturated rings. The molecule has 0 bridgehead atoms. The molecule has 1 aliphatic rings. The van der Waals surface area contributed by atoms with Crippen LogP contribution in [0.2, 0.25) is 0 Å². The first kappa shape index (κ1) is 9.15. The first-order valence-electron chi connectivity index (χ1n) is 4.44. The van der Waals surface area contributed by atoms with Crippen molar-refractivity contribution in [1.29, 1.82) is 0 Å². The maximum atomic E-state index is 10.7. The van der Waals surface area contributed by atoms with Gasteiger partial charge in [-0.3, -0.25) is 9.78 Å². The van der Waals surface area contributed by atoms with Crippen molar-refractivity contribution in [2.45, 2.75) is 26.7 Å². The second-order valence-electron chi connectivity index (χ2n) is 3.22. The first-order chi connectivity index (χ1) is 6.72. The second kappa shape index (κ2) is 3.38. The highest BCUT2D eigenvalue weighted by Gasteiger charge is 2.21. The summed E-state index contributed by atoms with van der Waals surface area (Å²) in [5.74, 6) is 0.688. The van der Waals surface area contributed by atoms with Crippen LogP contribution in [-0.4, -0.2) is 17.6 Å². The third-order valence-electron chi connectivity index (χ3n) is 2.22. The average molecular weight is 193 g/mol. The van der Waals surface area contributed by atoms with E-state index in [-0.39, 0.29) is 6.29 Å². The number of rotatable bonds is 1. The summed E-state index contributed by atoms with van der Waals surface area (Å²) in [6, 6.07) is 0. The van der Waals surface area contributed by atoms with E-state index in [4.69, 9.17) is 9.47 Å². The van der Waals surface area contributed by atoms with E-state index in [1.54, 1.807) is 6.20 Å². The predicted octanol–water partition coefficient (Wildman–Crippen LogP) is 1.46. The number of hydrogen-bond donors (Lipinski definition) is 0. The normalized spacial score (nSPS) is 19.7. The van der Waals surface area contributed by atoms with E-state index >= 15 is 0 Å². The van der Waals surface area contributed by atoms with Gasteiger partial charge in [-0.2, -0.15) is 0 Å². The maximum absolute atomic E-state index is 10.7. The summed E-state index contributed by atoms with van der Waals surface area (Å²) in [4.78, 5) is 14.8. The van der Waals surface area contributed by atoms with Gasteiger partial charge in [0.2, 0.25) is 0 Å². The zero-order valence-electron chi connectivity index (χ0n) is 8.11. The molecule has 14 heavy (non-hydrogen) atoms. The Balaban J connectivity index is 2.54. The van der Waals surface area contributed by atoms with Crippen molar-refractivity contribution in [3.8, 4) is 5.75 Å². The van der Waals surface area contributed by atoms with Crippen molar-refractivity contribution < 1.29 is 14.3 Å². The van der Waals surface area contributed by atoms with Crippen LogP contribution in [0.25, 0.3) is 0 Å². The molecule has 1 atom stereocenters. The Morgan fingerprint density at radius 2 is 2.43 bits per heavy atom. The Kier molecular flexibility index (Phi) is 2.21. The highest BCUT2D eigenvalue weighted by Crippen LogP contribution is 2.30. The smallest absolute Gasteiger partial charge is 0.197 e. The molecular weight excluding hydrogens is 182 g/mol. The molecular formula is C10H11NO3. The summed E-state index contributed by atoms with van der Waals surface area (Å²) < 4.78 is 10.8. The standard InChI is InChI=1S/C10H11NO3/c1-6-10-9(5-13-7(2)14-10)8(4-12)3-11-6/h3-4,7H,5H2,1-2H3. The molecule has 2 heterocycles. The predicted molar refractivity (Wildman–Crippen MR) is 49.2 cm³/mol. The molecule has 74 valence electrons. The molecule has 0 saturated heterocycles. The molecule has 0 aliphatic carbocycles. The largest absolute Gasteiger partial charge is 0.463 e. The number of aldehydes is 1.